The van der Waals surface area contributed by atoms with E-state index in [1.807, 2.05) is 0 Å². The van der Waals surface area contributed by atoms with E-state index < -0.39 is 38.9 Å². The number of hydrogen-bond donors (Lipinski definition) is 1. The van der Waals surface area contributed by atoms with Crippen molar-refractivity contribution in [1.29, 1.82) is 0 Å². The highest BCUT2D eigenvalue weighted by Crippen LogP contribution is 2.54. The maximum Gasteiger partial charge on any atom is 0.460 e. The SMILES string of the molecule is O=S(=O)(O)N(F)C(F)(F)C(F)(F)C(F)(F)C(F)(F)F. The molecule has 0 atom stereocenters. The van der Waals surface area contributed by atoms with E-state index in [9.17, 15) is 52.4 Å². The number of alkyl halides is 9. The maximum absolute atomic E-state index is 12.4. The minimum atomic E-state index is -7.52. The van der Waals surface area contributed by atoms with E-state index in [-0.39, 0.29) is 0 Å². The molecule has 19 heavy (non-hydrogen) atoms. The van der Waals surface area contributed by atoms with Gasteiger partial charge in [-0.3, -0.25) is 4.55 Å². The average molecular weight is 333 g/mol. The molecule has 0 aromatic rings. The summed E-state index contributed by atoms with van der Waals surface area (Å²) in [5.41, 5.74) is 0. The zero-order valence-corrected chi connectivity index (χ0v) is 8.72. The summed E-state index contributed by atoms with van der Waals surface area (Å²) >= 11 is 0. The van der Waals surface area contributed by atoms with Gasteiger partial charge in [-0.15, -0.1) is 4.48 Å². The minimum absolute atomic E-state index is 3.50. The predicted molar refractivity (Wildman–Crippen MR) is 35.4 cm³/mol. The van der Waals surface area contributed by atoms with E-state index in [2.05, 4.69) is 0 Å². The van der Waals surface area contributed by atoms with Crippen molar-refractivity contribution < 1.29 is 57.0 Å². The molecule has 0 fully saturated rings. The van der Waals surface area contributed by atoms with Crippen LogP contribution in [0.5, 0.6) is 0 Å². The zero-order valence-electron chi connectivity index (χ0n) is 7.90. The Labute approximate surface area is 96.9 Å². The molecule has 0 heterocycles. The van der Waals surface area contributed by atoms with E-state index in [1.165, 1.54) is 0 Å². The predicted octanol–water partition coefficient (Wildman–Crippen LogP) is 2.40. The van der Waals surface area contributed by atoms with Gasteiger partial charge in [-0.25, -0.2) is 0 Å². The molecule has 0 aliphatic carbocycles. The Morgan fingerprint density at radius 1 is 0.789 bits per heavy atom. The van der Waals surface area contributed by atoms with E-state index >= 15 is 0 Å². The lowest BCUT2D eigenvalue weighted by atomic mass is 10.1. The largest absolute Gasteiger partial charge is 0.460 e. The van der Waals surface area contributed by atoms with Crippen LogP contribution in [0.3, 0.4) is 0 Å². The van der Waals surface area contributed by atoms with E-state index in [1.54, 1.807) is 0 Å². The van der Waals surface area contributed by atoms with Gasteiger partial charge in [0.1, 0.15) is 0 Å². The molecule has 0 saturated carbocycles. The summed E-state index contributed by atoms with van der Waals surface area (Å²) in [7, 11) is -6.81. The van der Waals surface area contributed by atoms with Crippen LogP contribution in [0.2, 0.25) is 0 Å². The summed E-state index contributed by atoms with van der Waals surface area (Å²) in [6.07, 6.45) is -7.24. The standard InChI is InChI=1S/C4HF10NO3S/c5-1(6,3(9,10)11)2(7,8)4(12,13)15(14)19(16,17)18/h(H,16,17,18). The van der Waals surface area contributed by atoms with Gasteiger partial charge < -0.3 is 0 Å². The Balaban J connectivity index is 5.92. The molecule has 0 bridgehead atoms. The van der Waals surface area contributed by atoms with E-state index in [0.29, 0.717) is 0 Å². The molecule has 0 amide bonds. The molecule has 0 aromatic heterocycles. The maximum atomic E-state index is 12.4. The molecule has 0 radical (unpaired) electrons. The average Bonchev–Trinajstić information content (AvgIpc) is 2.12. The van der Waals surface area contributed by atoms with Gasteiger partial charge in [0.15, 0.2) is 0 Å². The van der Waals surface area contributed by atoms with Crippen LogP contribution in [-0.4, -0.2) is 41.6 Å². The van der Waals surface area contributed by atoms with Crippen LogP contribution < -0.4 is 0 Å². The second-order valence-corrected chi connectivity index (χ2v) is 4.10. The Bertz CT molecular complexity index is 440. The normalized spacial score (nSPS) is 16.0. The first-order chi connectivity index (χ1) is 7.90. The Morgan fingerprint density at radius 3 is 1.32 bits per heavy atom. The van der Waals surface area contributed by atoms with Crippen molar-refractivity contribution in [3.63, 3.8) is 0 Å². The lowest BCUT2D eigenvalue weighted by Crippen LogP contribution is -2.65. The van der Waals surface area contributed by atoms with Crippen LogP contribution in [0.15, 0.2) is 0 Å². The zero-order chi connectivity index (χ0) is 16.1. The molecule has 4 nitrogen and oxygen atoms in total. The van der Waals surface area contributed by atoms with Gasteiger partial charge in [-0.1, -0.05) is 0 Å². The Kier molecular flexibility index (Phi) is 4.15. The number of rotatable bonds is 4. The van der Waals surface area contributed by atoms with Crippen LogP contribution in [0, 0.1) is 0 Å². The van der Waals surface area contributed by atoms with Gasteiger partial charge >= 0.3 is 34.4 Å². The third-order valence-corrected chi connectivity index (χ3v) is 2.19. The summed E-state index contributed by atoms with van der Waals surface area (Å²) < 4.78 is 144. The van der Waals surface area contributed by atoms with Crippen molar-refractivity contribution >= 4 is 10.3 Å². The van der Waals surface area contributed by atoms with Crippen LogP contribution in [0.25, 0.3) is 0 Å². The van der Waals surface area contributed by atoms with E-state index in [0.717, 1.165) is 0 Å². The first-order valence-electron chi connectivity index (χ1n) is 3.54. The van der Waals surface area contributed by atoms with E-state index in [4.69, 9.17) is 4.55 Å². The molecular formula is C4HF10NO3S. The Hall–Kier alpha value is -0.830. The fraction of sp³-hybridized carbons (Fsp3) is 1.00. The minimum Gasteiger partial charge on any atom is -0.271 e. The summed E-state index contributed by atoms with van der Waals surface area (Å²) in [5, 5.41) is 0. The summed E-state index contributed by atoms with van der Waals surface area (Å²) in [6.45, 7) is 0. The van der Waals surface area contributed by atoms with Crippen LogP contribution in [0.1, 0.15) is 0 Å². The van der Waals surface area contributed by atoms with Crippen molar-refractivity contribution in [3.05, 3.63) is 0 Å². The molecule has 0 unspecified atom stereocenters. The quantitative estimate of drug-likeness (QED) is 0.372. The van der Waals surface area contributed by atoms with Crippen LogP contribution in [0.4, 0.5) is 44.0 Å². The third kappa shape index (κ3) is 2.71. The van der Waals surface area contributed by atoms with Crippen molar-refractivity contribution in [2.75, 3.05) is 0 Å². The first-order valence-corrected chi connectivity index (χ1v) is 4.94. The molecular weight excluding hydrogens is 332 g/mol. The summed E-state index contributed by atoms with van der Waals surface area (Å²) in [4.78, 5) is 0. The number of halogens is 10. The first kappa shape index (κ1) is 18.2. The van der Waals surface area contributed by atoms with Crippen molar-refractivity contribution in [1.82, 2.24) is 4.53 Å². The fourth-order valence-corrected chi connectivity index (χ4v) is 1.03. The van der Waals surface area contributed by atoms with Gasteiger partial charge in [0.05, 0.1) is 4.53 Å². The number of nitrogens with zero attached hydrogens (tertiary/aromatic N) is 1. The van der Waals surface area contributed by atoms with Crippen LogP contribution >= 0.6 is 0 Å². The fourth-order valence-electron chi connectivity index (χ4n) is 0.622. The molecule has 0 aliphatic rings. The number of hydrogen-bond acceptors (Lipinski definition) is 2. The smallest absolute Gasteiger partial charge is 0.271 e. The van der Waals surface area contributed by atoms with Crippen molar-refractivity contribution in [3.8, 4) is 0 Å². The summed E-state index contributed by atoms with van der Waals surface area (Å²) in [5.74, 6) is -15.0. The highest BCUT2D eigenvalue weighted by molar-refractivity contribution is 7.83. The van der Waals surface area contributed by atoms with Crippen molar-refractivity contribution in [2.45, 2.75) is 24.1 Å². The molecule has 0 saturated heterocycles. The highest BCUT2D eigenvalue weighted by atomic mass is 32.2. The van der Waals surface area contributed by atoms with Crippen molar-refractivity contribution in [2.24, 2.45) is 0 Å². The molecule has 0 spiro atoms. The second kappa shape index (κ2) is 4.34. The lowest BCUT2D eigenvalue weighted by Gasteiger charge is -2.34. The third-order valence-electron chi connectivity index (χ3n) is 1.55. The van der Waals surface area contributed by atoms with Gasteiger partial charge in [0.25, 0.3) is 0 Å². The molecule has 0 rings (SSSR count). The molecule has 0 aliphatic heterocycles. The van der Waals surface area contributed by atoms with Crippen LogP contribution in [-0.2, 0) is 10.3 Å². The van der Waals surface area contributed by atoms with Gasteiger partial charge in [-0.05, 0) is 0 Å². The molecule has 1 N–H and O–H groups in total. The molecule has 0 aromatic carbocycles. The Morgan fingerprint density at radius 2 is 1.11 bits per heavy atom. The summed E-state index contributed by atoms with van der Waals surface area (Å²) in [6, 6.07) is -7.19. The monoisotopic (exact) mass is 333 g/mol. The highest BCUT2D eigenvalue weighted by Gasteiger charge is 2.84. The molecule has 116 valence electrons. The topological polar surface area (TPSA) is 57.6 Å². The second-order valence-electron chi connectivity index (χ2n) is 2.88. The lowest BCUT2D eigenvalue weighted by molar-refractivity contribution is -0.423. The van der Waals surface area contributed by atoms with Gasteiger partial charge in [0.2, 0.25) is 0 Å². The van der Waals surface area contributed by atoms with Gasteiger partial charge in [0, 0.05) is 0 Å². The molecule has 15 heteroatoms. The van der Waals surface area contributed by atoms with Gasteiger partial charge in [-0.2, -0.15) is 47.9 Å².